The fourth-order valence-corrected chi connectivity index (χ4v) is 2.45. The van der Waals surface area contributed by atoms with E-state index in [1.54, 1.807) is 20.8 Å². The number of amides is 1. The predicted molar refractivity (Wildman–Crippen MR) is 98.0 cm³/mol. The van der Waals surface area contributed by atoms with Crippen molar-refractivity contribution in [2.45, 2.75) is 39.7 Å². The first-order valence-corrected chi connectivity index (χ1v) is 8.27. The second kappa shape index (κ2) is 7.58. The van der Waals surface area contributed by atoms with Crippen molar-refractivity contribution in [2.75, 3.05) is 0 Å². The van der Waals surface area contributed by atoms with E-state index < -0.39 is 23.0 Å². The van der Waals surface area contributed by atoms with Gasteiger partial charge in [-0.3, -0.25) is 14.4 Å². The van der Waals surface area contributed by atoms with Crippen LogP contribution in [-0.4, -0.2) is 23.0 Å². The van der Waals surface area contributed by atoms with Crippen LogP contribution in [0.3, 0.4) is 0 Å². The number of carbonyl (C=O) groups excluding carboxylic acids is 3. The molecule has 0 atom stereocenters. The maximum Gasteiger partial charge on any atom is 0.296 e. The lowest BCUT2D eigenvalue weighted by Crippen LogP contribution is -2.44. The van der Waals surface area contributed by atoms with E-state index in [1.807, 2.05) is 0 Å². The zero-order valence-electron chi connectivity index (χ0n) is 15.6. The normalized spacial score (nSPS) is 11.0. The van der Waals surface area contributed by atoms with E-state index in [9.17, 15) is 18.8 Å². The van der Waals surface area contributed by atoms with Crippen LogP contribution in [0.15, 0.2) is 28.7 Å². The highest BCUT2D eigenvalue weighted by Gasteiger charge is 2.26. The van der Waals surface area contributed by atoms with E-state index in [4.69, 9.17) is 10.8 Å². The van der Waals surface area contributed by atoms with E-state index in [2.05, 4.69) is 11.2 Å². The number of Topliss-reactive ketones (excluding diaryl/α,β-unsaturated/α-hetero) is 2. The third kappa shape index (κ3) is 4.91. The molecular formula is C21H20FNO4. The van der Waals surface area contributed by atoms with E-state index >= 15 is 0 Å². The number of hydrogen-bond acceptors (Lipinski definition) is 4. The van der Waals surface area contributed by atoms with Crippen LogP contribution in [0.2, 0.25) is 0 Å². The van der Waals surface area contributed by atoms with Gasteiger partial charge >= 0.3 is 0 Å². The fourth-order valence-electron chi connectivity index (χ4n) is 2.45. The number of furan rings is 1. The number of benzene rings is 1. The second-order valence-electron chi connectivity index (χ2n) is 7.17. The number of rotatable bonds is 5. The zero-order valence-corrected chi connectivity index (χ0v) is 15.6. The lowest BCUT2D eigenvalue weighted by atomic mass is 10.0. The van der Waals surface area contributed by atoms with Crippen LogP contribution in [0.5, 0.6) is 0 Å². The summed E-state index contributed by atoms with van der Waals surface area (Å²) in [6, 6.07) is 5.34. The molecule has 0 bridgehead atoms. The lowest BCUT2D eigenvalue weighted by Gasteiger charge is -2.19. The van der Waals surface area contributed by atoms with Gasteiger partial charge < -0.3 is 9.73 Å². The first kappa shape index (κ1) is 20.1. The lowest BCUT2D eigenvalue weighted by molar-refractivity contribution is -0.118. The number of halogens is 1. The van der Waals surface area contributed by atoms with Gasteiger partial charge in [0, 0.05) is 12.0 Å². The van der Waals surface area contributed by atoms with Gasteiger partial charge in [-0.1, -0.05) is 12.0 Å². The van der Waals surface area contributed by atoms with Crippen molar-refractivity contribution in [3.05, 3.63) is 58.3 Å². The molecule has 0 aliphatic rings. The fraction of sp³-hybridized carbons (Fsp3) is 0.286. The Morgan fingerprint density at radius 2 is 1.89 bits per heavy atom. The smallest absolute Gasteiger partial charge is 0.296 e. The summed E-state index contributed by atoms with van der Waals surface area (Å²) < 4.78 is 18.8. The molecular weight excluding hydrogens is 349 g/mol. The minimum Gasteiger partial charge on any atom is -0.457 e. The van der Waals surface area contributed by atoms with Crippen LogP contribution < -0.4 is 5.32 Å². The van der Waals surface area contributed by atoms with Crippen LogP contribution >= 0.6 is 0 Å². The first-order valence-electron chi connectivity index (χ1n) is 8.27. The zero-order chi connectivity index (χ0) is 20.4. The number of ketones is 2. The Balaban J connectivity index is 2.20. The molecule has 0 radical (unpaired) electrons. The highest BCUT2D eigenvalue weighted by molar-refractivity contribution is 6.42. The summed E-state index contributed by atoms with van der Waals surface area (Å²) in [5, 5.41) is 2.55. The summed E-state index contributed by atoms with van der Waals surface area (Å²) >= 11 is 0. The van der Waals surface area contributed by atoms with Crippen LogP contribution in [0.25, 0.3) is 0 Å². The van der Waals surface area contributed by atoms with Gasteiger partial charge in [0.15, 0.2) is 11.5 Å². The summed E-state index contributed by atoms with van der Waals surface area (Å²) in [6.45, 7) is 6.76. The minimum absolute atomic E-state index is 0.0445. The summed E-state index contributed by atoms with van der Waals surface area (Å²) in [5.41, 5.74) is 0.213. The molecule has 0 saturated carbocycles. The molecule has 2 rings (SSSR count). The standard InChI is InChI=1S/C21H20FNO4/c1-6-14-9-13(7-8-16(14)22)10-17(24)15-11-18(27-12(15)2)19(25)20(26)23-21(3,4)5/h1,7-9,11H,10H2,2-5H3,(H,23,26). The molecule has 0 saturated heterocycles. The van der Waals surface area contributed by atoms with Crippen LogP contribution in [0.1, 0.15) is 58.6 Å². The second-order valence-corrected chi connectivity index (χ2v) is 7.17. The van der Waals surface area contributed by atoms with Gasteiger partial charge in [0.25, 0.3) is 11.7 Å². The Morgan fingerprint density at radius 3 is 2.48 bits per heavy atom. The molecule has 0 aliphatic carbocycles. The molecule has 2 aromatic rings. The molecule has 1 N–H and O–H groups in total. The van der Waals surface area contributed by atoms with Crippen molar-refractivity contribution in [1.82, 2.24) is 5.32 Å². The Labute approximate surface area is 156 Å². The van der Waals surface area contributed by atoms with Crippen molar-refractivity contribution in [3.63, 3.8) is 0 Å². The summed E-state index contributed by atoms with van der Waals surface area (Å²) in [4.78, 5) is 36.7. The van der Waals surface area contributed by atoms with Crippen molar-refractivity contribution >= 4 is 17.5 Å². The van der Waals surface area contributed by atoms with Gasteiger partial charge in [-0.25, -0.2) is 4.39 Å². The Morgan fingerprint density at radius 1 is 1.22 bits per heavy atom. The predicted octanol–water partition coefficient (Wildman–Crippen LogP) is 3.23. The largest absolute Gasteiger partial charge is 0.457 e. The number of terminal acetylenes is 1. The van der Waals surface area contributed by atoms with E-state index in [1.165, 1.54) is 31.2 Å². The van der Waals surface area contributed by atoms with Crippen molar-refractivity contribution in [3.8, 4) is 12.3 Å². The quantitative estimate of drug-likeness (QED) is 0.499. The molecule has 1 aromatic carbocycles. The molecule has 0 unspecified atom stereocenters. The monoisotopic (exact) mass is 369 g/mol. The maximum absolute atomic E-state index is 13.5. The third-order valence-corrected chi connectivity index (χ3v) is 3.69. The molecule has 6 heteroatoms. The van der Waals surface area contributed by atoms with Crippen molar-refractivity contribution in [1.29, 1.82) is 0 Å². The molecule has 140 valence electrons. The average Bonchev–Trinajstić information content (AvgIpc) is 2.96. The number of carbonyl (C=O) groups is 3. The molecule has 0 spiro atoms. The summed E-state index contributed by atoms with van der Waals surface area (Å²) in [7, 11) is 0. The molecule has 1 amide bonds. The molecule has 5 nitrogen and oxygen atoms in total. The van der Waals surface area contributed by atoms with Crippen LogP contribution in [0, 0.1) is 25.1 Å². The van der Waals surface area contributed by atoms with Gasteiger partial charge in [-0.2, -0.15) is 0 Å². The van der Waals surface area contributed by atoms with Gasteiger partial charge in [0.05, 0.1) is 11.1 Å². The van der Waals surface area contributed by atoms with Gasteiger partial charge in [-0.05, 0) is 51.5 Å². The topological polar surface area (TPSA) is 76.4 Å². The van der Waals surface area contributed by atoms with E-state index in [0.29, 0.717) is 5.56 Å². The summed E-state index contributed by atoms with van der Waals surface area (Å²) in [6.07, 6.45) is 5.18. The maximum atomic E-state index is 13.5. The van der Waals surface area contributed by atoms with Crippen LogP contribution in [-0.2, 0) is 11.2 Å². The average molecular weight is 369 g/mol. The first-order chi connectivity index (χ1) is 12.5. The minimum atomic E-state index is -0.858. The number of nitrogens with one attached hydrogen (secondary N) is 1. The van der Waals surface area contributed by atoms with E-state index in [-0.39, 0.29) is 34.9 Å². The molecule has 0 fully saturated rings. The molecule has 1 aromatic heterocycles. The molecule has 27 heavy (non-hydrogen) atoms. The highest BCUT2D eigenvalue weighted by atomic mass is 19.1. The van der Waals surface area contributed by atoms with Crippen LogP contribution in [0.4, 0.5) is 4.39 Å². The van der Waals surface area contributed by atoms with Crippen molar-refractivity contribution < 1.29 is 23.2 Å². The van der Waals surface area contributed by atoms with Crippen molar-refractivity contribution in [2.24, 2.45) is 0 Å². The Bertz CT molecular complexity index is 958. The highest BCUT2D eigenvalue weighted by Crippen LogP contribution is 2.19. The summed E-state index contributed by atoms with van der Waals surface area (Å²) in [5.74, 6) is -0.302. The molecule has 1 heterocycles. The Kier molecular flexibility index (Phi) is 5.65. The van der Waals surface area contributed by atoms with E-state index in [0.717, 1.165) is 0 Å². The van der Waals surface area contributed by atoms with Gasteiger partial charge in [0.1, 0.15) is 11.6 Å². The van der Waals surface area contributed by atoms with Gasteiger partial charge in [-0.15, -0.1) is 6.42 Å². The Hall–Kier alpha value is -3.20. The number of aryl methyl sites for hydroxylation is 1. The SMILES string of the molecule is C#Cc1cc(CC(=O)c2cc(C(=O)C(=O)NC(C)(C)C)oc2C)ccc1F. The number of hydrogen-bond donors (Lipinski definition) is 1. The molecule has 0 aliphatic heterocycles. The van der Waals surface area contributed by atoms with Gasteiger partial charge in [0.2, 0.25) is 0 Å². The third-order valence-electron chi connectivity index (χ3n) is 3.69.